The Bertz CT molecular complexity index is 250. The van der Waals surface area contributed by atoms with E-state index in [9.17, 15) is 0 Å². The molecule has 1 rings (SSSR count). The largest absolute Gasteiger partial charge is 0.330 e. The highest BCUT2D eigenvalue weighted by Crippen LogP contribution is 2.16. The number of aromatic nitrogens is 1. The van der Waals surface area contributed by atoms with Gasteiger partial charge in [-0.3, -0.25) is 0 Å². The third kappa shape index (κ3) is 2.33. The highest BCUT2D eigenvalue weighted by Gasteiger charge is 2.00. The Kier molecular flexibility index (Phi) is 3.12. The van der Waals surface area contributed by atoms with Gasteiger partial charge >= 0.3 is 0 Å². The first-order valence-electron chi connectivity index (χ1n) is 3.25. The summed E-state index contributed by atoms with van der Waals surface area (Å²) in [6.07, 6.45) is 0.739. The molecule has 0 aliphatic rings. The van der Waals surface area contributed by atoms with Crippen LogP contribution in [-0.4, -0.2) is 11.5 Å². The second-order valence-corrected chi connectivity index (χ2v) is 2.87. The van der Waals surface area contributed by atoms with Crippen LogP contribution in [0.5, 0.6) is 0 Å². The molecule has 0 radical (unpaired) electrons. The van der Waals surface area contributed by atoms with Crippen molar-refractivity contribution >= 4 is 23.2 Å². The summed E-state index contributed by atoms with van der Waals surface area (Å²) in [5.74, 6) is 0. The van der Waals surface area contributed by atoms with Crippen LogP contribution in [0.25, 0.3) is 0 Å². The summed E-state index contributed by atoms with van der Waals surface area (Å²) in [6.45, 7) is 0.572. The average Bonchev–Trinajstić information content (AvgIpc) is 1.95. The molecule has 0 atom stereocenters. The smallest absolute Gasteiger partial charge is 0.134 e. The van der Waals surface area contributed by atoms with Gasteiger partial charge in [-0.25, -0.2) is 4.98 Å². The van der Waals surface area contributed by atoms with E-state index in [4.69, 9.17) is 28.9 Å². The molecule has 4 heteroatoms. The van der Waals surface area contributed by atoms with E-state index < -0.39 is 0 Å². The minimum atomic E-state index is 0.413. The molecule has 1 heterocycles. The topological polar surface area (TPSA) is 38.9 Å². The third-order valence-electron chi connectivity index (χ3n) is 1.31. The van der Waals surface area contributed by atoms with E-state index in [0.717, 1.165) is 12.0 Å². The van der Waals surface area contributed by atoms with Gasteiger partial charge in [0.1, 0.15) is 10.3 Å². The van der Waals surface area contributed by atoms with E-state index in [0.29, 0.717) is 16.9 Å². The van der Waals surface area contributed by atoms with E-state index in [1.54, 1.807) is 6.07 Å². The van der Waals surface area contributed by atoms with Crippen LogP contribution in [0, 0.1) is 0 Å². The lowest BCUT2D eigenvalue weighted by Crippen LogP contribution is -2.03. The van der Waals surface area contributed by atoms with Crippen LogP contribution in [0.4, 0.5) is 0 Å². The number of pyridine rings is 1. The zero-order valence-corrected chi connectivity index (χ0v) is 7.36. The first kappa shape index (κ1) is 8.78. The van der Waals surface area contributed by atoms with Crippen molar-refractivity contribution in [3.63, 3.8) is 0 Å². The molecular formula is C7H8Cl2N2. The van der Waals surface area contributed by atoms with Gasteiger partial charge in [-0.15, -0.1) is 0 Å². The maximum absolute atomic E-state index is 5.76. The van der Waals surface area contributed by atoms with Crippen LogP contribution in [0.15, 0.2) is 12.1 Å². The fourth-order valence-corrected chi connectivity index (χ4v) is 1.22. The standard InChI is InChI=1S/C7H8Cl2N2/c8-6-2-1-5(3-4-10)7(9)11-6/h1-2H,3-4,10H2. The van der Waals surface area contributed by atoms with Crippen molar-refractivity contribution in [1.82, 2.24) is 4.98 Å². The molecule has 11 heavy (non-hydrogen) atoms. The van der Waals surface area contributed by atoms with Crippen molar-refractivity contribution in [3.05, 3.63) is 28.0 Å². The first-order valence-corrected chi connectivity index (χ1v) is 4.00. The van der Waals surface area contributed by atoms with E-state index in [2.05, 4.69) is 4.98 Å². The molecule has 0 aromatic carbocycles. The van der Waals surface area contributed by atoms with Crippen LogP contribution >= 0.6 is 23.2 Å². The van der Waals surface area contributed by atoms with Crippen LogP contribution in [0.1, 0.15) is 5.56 Å². The lowest BCUT2D eigenvalue weighted by atomic mass is 10.2. The van der Waals surface area contributed by atoms with Gasteiger partial charge in [0.15, 0.2) is 0 Å². The van der Waals surface area contributed by atoms with Crippen molar-refractivity contribution in [2.24, 2.45) is 5.73 Å². The molecule has 60 valence electrons. The number of rotatable bonds is 2. The zero-order valence-electron chi connectivity index (χ0n) is 5.85. The summed E-state index contributed by atoms with van der Waals surface area (Å²) in [5.41, 5.74) is 6.29. The molecule has 1 aromatic heterocycles. The molecule has 0 bridgehead atoms. The number of nitrogens with zero attached hydrogens (tertiary/aromatic N) is 1. The Labute approximate surface area is 75.3 Å². The molecular weight excluding hydrogens is 183 g/mol. The molecule has 0 saturated heterocycles. The summed E-state index contributed by atoms with van der Waals surface area (Å²) in [6, 6.07) is 3.54. The second-order valence-electron chi connectivity index (χ2n) is 2.12. The second kappa shape index (κ2) is 3.90. The predicted molar refractivity (Wildman–Crippen MR) is 47.0 cm³/mol. The Hall–Kier alpha value is -0.310. The number of hydrogen-bond acceptors (Lipinski definition) is 2. The normalized spacial score (nSPS) is 10.1. The van der Waals surface area contributed by atoms with Crippen LogP contribution in [0.3, 0.4) is 0 Å². The molecule has 0 aliphatic heterocycles. The molecule has 0 fully saturated rings. The molecule has 1 aromatic rings. The first-order chi connectivity index (χ1) is 5.24. The third-order valence-corrected chi connectivity index (χ3v) is 1.84. The van der Waals surface area contributed by atoms with Crippen LogP contribution in [-0.2, 0) is 6.42 Å². The van der Waals surface area contributed by atoms with Gasteiger partial charge in [-0.1, -0.05) is 29.3 Å². The van der Waals surface area contributed by atoms with Gasteiger partial charge in [-0.2, -0.15) is 0 Å². The van der Waals surface area contributed by atoms with Gasteiger partial charge in [0.2, 0.25) is 0 Å². The Balaban J connectivity index is 2.90. The van der Waals surface area contributed by atoms with Crippen LogP contribution < -0.4 is 5.73 Å². The van der Waals surface area contributed by atoms with Gasteiger partial charge in [0.05, 0.1) is 0 Å². The zero-order chi connectivity index (χ0) is 8.27. The van der Waals surface area contributed by atoms with Crippen molar-refractivity contribution in [3.8, 4) is 0 Å². The Morgan fingerprint density at radius 3 is 2.64 bits per heavy atom. The molecule has 0 aliphatic carbocycles. The highest BCUT2D eigenvalue weighted by atomic mass is 35.5. The van der Waals surface area contributed by atoms with E-state index in [1.165, 1.54) is 0 Å². The van der Waals surface area contributed by atoms with Crippen LogP contribution in [0.2, 0.25) is 10.3 Å². The molecule has 0 saturated carbocycles. The average molecular weight is 191 g/mol. The monoisotopic (exact) mass is 190 g/mol. The molecule has 0 unspecified atom stereocenters. The van der Waals surface area contributed by atoms with Gasteiger partial charge in [0.25, 0.3) is 0 Å². The summed E-state index contributed by atoms with van der Waals surface area (Å²) in [4.78, 5) is 3.87. The van der Waals surface area contributed by atoms with Crippen molar-refractivity contribution in [1.29, 1.82) is 0 Å². The summed E-state index contributed by atoms with van der Waals surface area (Å²) < 4.78 is 0. The number of hydrogen-bond donors (Lipinski definition) is 1. The lowest BCUT2D eigenvalue weighted by molar-refractivity contribution is 0.959. The Morgan fingerprint density at radius 2 is 2.09 bits per heavy atom. The Morgan fingerprint density at radius 1 is 1.36 bits per heavy atom. The minimum absolute atomic E-state index is 0.413. The van der Waals surface area contributed by atoms with Gasteiger partial charge in [-0.05, 0) is 24.6 Å². The number of nitrogens with two attached hydrogens (primary N) is 1. The summed E-state index contributed by atoms with van der Waals surface area (Å²) in [5, 5.41) is 0.860. The highest BCUT2D eigenvalue weighted by molar-refractivity contribution is 6.32. The summed E-state index contributed by atoms with van der Waals surface area (Å²) >= 11 is 11.3. The van der Waals surface area contributed by atoms with Gasteiger partial charge in [0, 0.05) is 0 Å². The van der Waals surface area contributed by atoms with E-state index in [1.807, 2.05) is 6.07 Å². The fourth-order valence-electron chi connectivity index (χ4n) is 0.783. The van der Waals surface area contributed by atoms with Crippen molar-refractivity contribution in [2.75, 3.05) is 6.54 Å². The molecule has 2 N–H and O–H groups in total. The van der Waals surface area contributed by atoms with E-state index >= 15 is 0 Å². The molecule has 0 amide bonds. The SMILES string of the molecule is NCCc1ccc(Cl)nc1Cl. The quantitative estimate of drug-likeness (QED) is 0.725. The van der Waals surface area contributed by atoms with Crippen molar-refractivity contribution < 1.29 is 0 Å². The molecule has 0 spiro atoms. The predicted octanol–water partition coefficient (Wildman–Crippen LogP) is 1.89. The van der Waals surface area contributed by atoms with Gasteiger partial charge < -0.3 is 5.73 Å². The number of halogens is 2. The minimum Gasteiger partial charge on any atom is -0.330 e. The fraction of sp³-hybridized carbons (Fsp3) is 0.286. The maximum Gasteiger partial charge on any atom is 0.134 e. The van der Waals surface area contributed by atoms with Crippen molar-refractivity contribution in [2.45, 2.75) is 6.42 Å². The van der Waals surface area contributed by atoms with E-state index in [-0.39, 0.29) is 0 Å². The lowest BCUT2D eigenvalue weighted by Gasteiger charge is -2.00. The molecule has 2 nitrogen and oxygen atoms in total. The maximum atomic E-state index is 5.76. The summed E-state index contributed by atoms with van der Waals surface area (Å²) in [7, 11) is 0.